The van der Waals surface area contributed by atoms with E-state index in [1.165, 1.54) is 16.2 Å². The van der Waals surface area contributed by atoms with Crippen molar-refractivity contribution >= 4 is 5.91 Å². The van der Waals surface area contributed by atoms with Crippen LogP contribution in [0.15, 0.2) is 47.4 Å². The molecule has 0 aliphatic rings. The smallest absolute Gasteiger partial charge is 0.252 e. The van der Waals surface area contributed by atoms with Crippen LogP contribution in [0.1, 0.15) is 54.2 Å². The van der Waals surface area contributed by atoms with Crippen LogP contribution in [0.25, 0.3) is 0 Å². The van der Waals surface area contributed by atoms with E-state index in [9.17, 15) is 9.59 Å². The molecule has 1 atom stereocenters. The van der Waals surface area contributed by atoms with Crippen LogP contribution >= 0.6 is 0 Å². The molecule has 0 radical (unpaired) electrons. The Bertz CT molecular complexity index is 715. The molecule has 2 aromatic rings. The highest BCUT2D eigenvalue weighted by Gasteiger charge is 2.12. The Morgan fingerprint density at radius 2 is 1.64 bits per heavy atom. The van der Waals surface area contributed by atoms with Gasteiger partial charge in [-0.25, -0.2) is 0 Å². The van der Waals surface area contributed by atoms with Gasteiger partial charge < -0.3 is 9.88 Å². The highest BCUT2D eigenvalue weighted by atomic mass is 16.2. The monoisotopic (exact) mass is 298 g/mol. The van der Waals surface area contributed by atoms with E-state index in [4.69, 9.17) is 0 Å². The topological polar surface area (TPSA) is 51.1 Å². The average Bonchev–Trinajstić information content (AvgIpc) is 2.50. The first-order chi connectivity index (χ1) is 10.4. The Morgan fingerprint density at radius 3 is 2.18 bits per heavy atom. The number of hydrogen-bond acceptors (Lipinski definition) is 2. The second kappa shape index (κ2) is 6.60. The molecule has 1 amide bonds. The SMILES string of the molecule is CC(C)c1ccc([C@@H](C)NC(=O)c2ccn(C)c(=O)c2)cc1. The van der Waals surface area contributed by atoms with Crippen molar-refractivity contribution in [1.82, 2.24) is 9.88 Å². The minimum absolute atomic E-state index is 0.113. The van der Waals surface area contributed by atoms with Crippen molar-refractivity contribution in [1.29, 1.82) is 0 Å². The number of pyridine rings is 1. The largest absolute Gasteiger partial charge is 0.346 e. The number of benzene rings is 1. The van der Waals surface area contributed by atoms with E-state index in [0.29, 0.717) is 11.5 Å². The van der Waals surface area contributed by atoms with Gasteiger partial charge in [0.15, 0.2) is 0 Å². The molecule has 0 aliphatic heterocycles. The van der Waals surface area contributed by atoms with Gasteiger partial charge in [-0.3, -0.25) is 9.59 Å². The number of rotatable bonds is 4. The first kappa shape index (κ1) is 16.0. The van der Waals surface area contributed by atoms with Gasteiger partial charge in [-0.1, -0.05) is 38.1 Å². The molecule has 0 fully saturated rings. The van der Waals surface area contributed by atoms with Gasteiger partial charge in [-0.05, 0) is 30.0 Å². The zero-order valence-electron chi connectivity index (χ0n) is 13.5. The zero-order valence-corrected chi connectivity index (χ0v) is 13.5. The van der Waals surface area contributed by atoms with Crippen molar-refractivity contribution in [2.24, 2.45) is 7.05 Å². The molecule has 0 unspecified atom stereocenters. The van der Waals surface area contributed by atoms with Crippen LogP contribution in [0.4, 0.5) is 0 Å². The summed E-state index contributed by atoms with van der Waals surface area (Å²) < 4.78 is 1.44. The predicted molar refractivity (Wildman–Crippen MR) is 88.1 cm³/mol. The third-order valence-corrected chi connectivity index (χ3v) is 3.82. The maximum Gasteiger partial charge on any atom is 0.252 e. The Balaban J connectivity index is 2.10. The Labute approximate surface area is 130 Å². The van der Waals surface area contributed by atoms with Crippen molar-refractivity contribution < 1.29 is 4.79 Å². The molecular weight excluding hydrogens is 276 g/mol. The van der Waals surface area contributed by atoms with Crippen molar-refractivity contribution in [3.05, 3.63) is 69.6 Å². The van der Waals surface area contributed by atoms with Gasteiger partial charge in [-0.15, -0.1) is 0 Å². The molecular formula is C18H22N2O2. The second-order valence-corrected chi connectivity index (χ2v) is 5.88. The van der Waals surface area contributed by atoms with Gasteiger partial charge in [0.2, 0.25) is 0 Å². The Morgan fingerprint density at radius 1 is 1.05 bits per heavy atom. The first-order valence-electron chi connectivity index (χ1n) is 7.46. The third kappa shape index (κ3) is 3.64. The predicted octanol–water partition coefficient (Wildman–Crippen LogP) is 3.00. The molecule has 1 aromatic carbocycles. The second-order valence-electron chi connectivity index (χ2n) is 5.88. The van der Waals surface area contributed by atoms with E-state index < -0.39 is 0 Å². The standard InChI is InChI=1S/C18H22N2O2/c1-12(2)14-5-7-15(8-6-14)13(3)19-18(22)16-9-10-20(4)17(21)11-16/h5-13H,1-4H3,(H,19,22)/t13-/m1/s1. The molecule has 22 heavy (non-hydrogen) atoms. The van der Waals surface area contributed by atoms with Gasteiger partial charge in [0.25, 0.3) is 11.5 Å². The summed E-state index contributed by atoms with van der Waals surface area (Å²) in [5.41, 5.74) is 2.51. The third-order valence-electron chi connectivity index (χ3n) is 3.82. The van der Waals surface area contributed by atoms with E-state index in [1.807, 2.05) is 19.1 Å². The maximum absolute atomic E-state index is 12.2. The lowest BCUT2D eigenvalue weighted by atomic mass is 9.99. The van der Waals surface area contributed by atoms with Crippen LogP contribution in [-0.2, 0) is 7.05 Å². The molecule has 0 aliphatic carbocycles. The molecule has 0 saturated heterocycles. The summed E-state index contributed by atoms with van der Waals surface area (Å²) in [5.74, 6) is 0.248. The van der Waals surface area contributed by atoms with E-state index in [-0.39, 0.29) is 17.5 Å². The summed E-state index contributed by atoms with van der Waals surface area (Å²) in [6, 6.07) is 11.1. The molecule has 4 heteroatoms. The molecule has 1 heterocycles. The van der Waals surface area contributed by atoms with Crippen LogP contribution in [0.5, 0.6) is 0 Å². The normalized spacial score (nSPS) is 12.2. The van der Waals surface area contributed by atoms with E-state index in [0.717, 1.165) is 5.56 Å². The summed E-state index contributed by atoms with van der Waals surface area (Å²) >= 11 is 0. The minimum Gasteiger partial charge on any atom is -0.346 e. The molecule has 0 bridgehead atoms. The van der Waals surface area contributed by atoms with E-state index in [2.05, 4.69) is 31.3 Å². The molecule has 1 N–H and O–H groups in total. The summed E-state index contributed by atoms with van der Waals surface area (Å²) in [6.45, 7) is 6.23. The van der Waals surface area contributed by atoms with Crippen LogP contribution in [0.2, 0.25) is 0 Å². The highest BCUT2D eigenvalue weighted by Crippen LogP contribution is 2.18. The summed E-state index contributed by atoms with van der Waals surface area (Å²) in [6.07, 6.45) is 1.60. The van der Waals surface area contributed by atoms with E-state index in [1.54, 1.807) is 19.3 Å². The number of hydrogen-bond donors (Lipinski definition) is 1. The number of nitrogens with zero attached hydrogens (tertiary/aromatic N) is 1. The van der Waals surface area contributed by atoms with E-state index >= 15 is 0 Å². The van der Waals surface area contributed by atoms with Crippen LogP contribution in [-0.4, -0.2) is 10.5 Å². The number of carbonyl (C=O) groups is 1. The minimum atomic E-state index is -0.238. The van der Waals surface area contributed by atoms with Crippen LogP contribution < -0.4 is 10.9 Å². The quantitative estimate of drug-likeness (QED) is 0.943. The molecule has 116 valence electrons. The molecule has 0 saturated carbocycles. The number of carbonyl (C=O) groups excluding carboxylic acids is 1. The molecule has 4 nitrogen and oxygen atoms in total. The van der Waals surface area contributed by atoms with Gasteiger partial charge >= 0.3 is 0 Å². The highest BCUT2D eigenvalue weighted by molar-refractivity contribution is 5.94. The fourth-order valence-electron chi connectivity index (χ4n) is 2.22. The lowest BCUT2D eigenvalue weighted by Crippen LogP contribution is -2.28. The lowest BCUT2D eigenvalue weighted by Gasteiger charge is -2.15. The van der Waals surface area contributed by atoms with Crippen molar-refractivity contribution in [2.75, 3.05) is 0 Å². The Hall–Kier alpha value is -2.36. The number of aryl methyl sites for hydroxylation is 1. The molecule has 0 spiro atoms. The van der Waals surface area contributed by atoms with Crippen molar-refractivity contribution in [3.63, 3.8) is 0 Å². The number of nitrogens with one attached hydrogen (secondary N) is 1. The first-order valence-corrected chi connectivity index (χ1v) is 7.46. The molecule has 1 aromatic heterocycles. The summed E-state index contributed by atoms with van der Waals surface area (Å²) in [4.78, 5) is 23.8. The summed E-state index contributed by atoms with van der Waals surface area (Å²) in [7, 11) is 1.66. The summed E-state index contributed by atoms with van der Waals surface area (Å²) in [5, 5.41) is 2.92. The van der Waals surface area contributed by atoms with Crippen molar-refractivity contribution in [2.45, 2.75) is 32.7 Å². The fraction of sp³-hybridized carbons (Fsp3) is 0.333. The fourth-order valence-corrected chi connectivity index (χ4v) is 2.22. The van der Waals surface area contributed by atoms with Gasteiger partial charge in [0, 0.05) is 24.9 Å². The number of aromatic nitrogens is 1. The lowest BCUT2D eigenvalue weighted by molar-refractivity contribution is 0.0939. The van der Waals surface area contributed by atoms with Gasteiger partial charge in [0.1, 0.15) is 0 Å². The average molecular weight is 298 g/mol. The molecule has 2 rings (SSSR count). The maximum atomic E-state index is 12.2. The van der Waals surface area contributed by atoms with Gasteiger partial charge in [-0.2, -0.15) is 0 Å². The zero-order chi connectivity index (χ0) is 16.3. The van der Waals surface area contributed by atoms with Gasteiger partial charge in [0.05, 0.1) is 6.04 Å². The Kier molecular flexibility index (Phi) is 4.81. The van der Waals surface area contributed by atoms with Crippen molar-refractivity contribution in [3.8, 4) is 0 Å². The van der Waals surface area contributed by atoms with Crippen LogP contribution in [0.3, 0.4) is 0 Å². The number of amides is 1. The van der Waals surface area contributed by atoms with Crippen LogP contribution in [0, 0.1) is 0 Å².